The molecule has 0 radical (unpaired) electrons. The van der Waals surface area contributed by atoms with Gasteiger partial charge in [-0.05, 0) is 6.04 Å². The molecule has 20 heavy (non-hydrogen) atoms. The molecule has 0 fully saturated rings. The molecule has 1 heterocycles. The highest BCUT2D eigenvalue weighted by Gasteiger charge is 2.23. The summed E-state index contributed by atoms with van der Waals surface area (Å²) in [5.74, 6) is 0. The summed E-state index contributed by atoms with van der Waals surface area (Å²) >= 11 is 5.71. The minimum atomic E-state index is -4.07. The molecular formula is C10H18ClN3O4SSi. The quantitative estimate of drug-likeness (QED) is 0.458. The van der Waals surface area contributed by atoms with Crippen LogP contribution in [0.3, 0.4) is 0 Å². The zero-order valence-electron chi connectivity index (χ0n) is 11.6. The second-order valence-corrected chi connectivity index (χ2v) is 12.9. The van der Waals surface area contributed by atoms with E-state index in [9.17, 15) is 13.2 Å². The highest BCUT2D eigenvalue weighted by Crippen LogP contribution is 2.19. The van der Waals surface area contributed by atoms with E-state index >= 15 is 0 Å². The minimum Gasteiger partial charge on any atom is -0.361 e. The van der Waals surface area contributed by atoms with Gasteiger partial charge in [0.2, 0.25) is 5.16 Å². The molecular weight excluding hydrogens is 322 g/mol. The van der Waals surface area contributed by atoms with Crippen LogP contribution in [0.5, 0.6) is 0 Å². The standard InChI is InChI=1S/C10H18ClN3O4SSi/c1-20(2,3)5-4-18-7-14-8(6-15)9(11)13-10(14)19(12,16)17/h6H,4-5,7H2,1-3H3,(H2,12,16,17). The van der Waals surface area contributed by atoms with Crippen LogP contribution in [-0.2, 0) is 21.5 Å². The van der Waals surface area contributed by atoms with Crippen molar-refractivity contribution < 1.29 is 17.9 Å². The first kappa shape index (κ1) is 17.3. The van der Waals surface area contributed by atoms with Crippen LogP contribution in [0.25, 0.3) is 0 Å². The first-order valence-electron chi connectivity index (χ1n) is 5.88. The molecule has 0 amide bonds. The number of primary sulfonamides is 1. The summed E-state index contributed by atoms with van der Waals surface area (Å²) in [5.41, 5.74) is -0.0660. The summed E-state index contributed by atoms with van der Waals surface area (Å²) in [6, 6.07) is 0.913. The molecule has 0 unspecified atom stereocenters. The fourth-order valence-electron chi connectivity index (χ4n) is 1.40. The predicted octanol–water partition coefficient (Wildman–Crippen LogP) is 1.31. The van der Waals surface area contributed by atoms with E-state index in [0.29, 0.717) is 12.9 Å². The van der Waals surface area contributed by atoms with Gasteiger partial charge < -0.3 is 4.74 Å². The van der Waals surface area contributed by atoms with Crippen molar-refractivity contribution in [3.05, 3.63) is 10.8 Å². The average molecular weight is 340 g/mol. The number of carbonyl (C=O) groups is 1. The van der Waals surface area contributed by atoms with Crippen LogP contribution < -0.4 is 5.14 Å². The second kappa shape index (κ2) is 6.35. The van der Waals surface area contributed by atoms with Gasteiger partial charge in [0.05, 0.1) is 0 Å². The van der Waals surface area contributed by atoms with Crippen molar-refractivity contribution in [1.29, 1.82) is 0 Å². The first-order valence-corrected chi connectivity index (χ1v) is 11.5. The Morgan fingerprint density at radius 3 is 2.50 bits per heavy atom. The van der Waals surface area contributed by atoms with Crippen LogP contribution in [0.1, 0.15) is 10.5 Å². The Hall–Kier alpha value is -0.743. The molecule has 0 bridgehead atoms. The smallest absolute Gasteiger partial charge is 0.272 e. The molecule has 114 valence electrons. The summed E-state index contributed by atoms with van der Waals surface area (Å²) in [4.78, 5) is 14.5. The Balaban J connectivity index is 2.91. The highest BCUT2D eigenvalue weighted by atomic mass is 35.5. The molecule has 0 aliphatic carbocycles. The van der Waals surface area contributed by atoms with E-state index in [1.807, 2.05) is 0 Å². The molecule has 0 atom stereocenters. The van der Waals surface area contributed by atoms with Crippen molar-refractivity contribution >= 4 is 36.0 Å². The normalized spacial score (nSPS) is 12.7. The molecule has 0 aromatic carbocycles. The number of halogens is 1. The topological polar surface area (TPSA) is 104 Å². The number of hydrogen-bond acceptors (Lipinski definition) is 5. The van der Waals surface area contributed by atoms with Gasteiger partial charge in [0.15, 0.2) is 11.4 Å². The van der Waals surface area contributed by atoms with Crippen molar-refractivity contribution in [2.24, 2.45) is 5.14 Å². The Kier molecular flexibility index (Phi) is 5.50. The van der Waals surface area contributed by atoms with Crippen LogP contribution in [0.2, 0.25) is 30.8 Å². The van der Waals surface area contributed by atoms with Gasteiger partial charge in [0.25, 0.3) is 10.0 Å². The molecule has 7 nitrogen and oxygen atoms in total. The maximum absolute atomic E-state index is 11.4. The van der Waals surface area contributed by atoms with Gasteiger partial charge in [-0.3, -0.25) is 9.36 Å². The summed E-state index contributed by atoms with van der Waals surface area (Å²) in [5, 5.41) is 4.35. The Morgan fingerprint density at radius 1 is 1.45 bits per heavy atom. The molecule has 0 aliphatic heterocycles. The Bertz CT molecular complexity index is 594. The van der Waals surface area contributed by atoms with Crippen molar-refractivity contribution in [3.8, 4) is 0 Å². The van der Waals surface area contributed by atoms with Crippen LogP contribution in [0.4, 0.5) is 0 Å². The predicted molar refractivity (Wildman–Crippen MR) is 78.1 cm³/mol. The van der Waals surface area contributed by atoms with Crippen LogP contribution in [0, 0.1) is 0 Å². The fourth-order valence-corrected chi connectivity index (χ4v) is 3.11. The van der Waals surface area contributed by atoms with Crippen LogP contribution >= 0.6 is 11.6 Å². The van der Waals surface area contributed by atoms with Crippen LogP contribution in [-0.4, -0.2) is 38.9 Å². The largest absolute Gasteiger partial charge is 0.361 e. The molecule has 10 heteroatoms. The molecule has 2 N–H and O–H groups in total. The van der Waals surface area contributed by atoms with Gasteiger partial charge in [0.1, 0.15) is 12.4 Å². The van der Waals surface area contributed by atoms with Gasteiger partial charge in [-0.2, -0.15) is 0 Å². The highest BCUT2D eigenvalue weighted by molar-refractivity contribution is 7.89. The lowest BCUT2D eigenvalue weighted by molar-refractivity contribution is 0.0776. The summed E-state index contributed by atoms with van der Waals surface area (Å²) in [6.45, 7) is 6.91. The lowest BCUT2D eigenvalue weighted by Crippen LogP contribution is -2.23. The number of imidazole rings is 1. The van der Waals surface area contributed by atoms with E-state index in [4.69, 9.17) is 21.5 Å². The molecule has 0 saturated carbocycles. The number of sulfonamides is 1. The maximum atomic E-state index is 11.4. The summed E-state index contributed by atoms with van der Waals surface area (Å²) in [7, 11) is -5.32. The third-order valence-electron chi connectivity index (χ3n) is 2.51. The number of aldehydes is 1. The number of ether oxygens (including phenoxy) is 1. The van der Waals surface area contributed by atoms with E-state index in [0.717, 1.165) is 10.6 Å². The molecule has 1 aromatic rings. The van der Waals surface area contributed by atoms with Gasteiger partial charge in [0, 0.05) is 14.7 Å². The molecule has 0 spiro atoms. The molecule has 1 rings (SSSR count). The van der Waals surface area contributed by atoms with Crippen molar-refractivity contribution in [2.75, 3.05) is 6.61 Å². The van der Waals surface area contributed by atoms with Gasteiger partial charge >= 0.3 is 0 Å². The minimum absolute atomic E-state index is 0.0660. The van der Waals surface area contributed by atoms with E-state index in [-0.39, 0.29) is 17.6 Å². The lowest BCUT2D eigenvalue weighted by Gasteiger charge is -2.16. The lowest BCUT2D eigenvalue weighted by atomic mass is 10.5. The SMILES string of the molecule is C[Si](C)(C)CCOCn1c(S(N)(=O)=O)nc(Cl)c1C=O. The number of hydrogen-bond donors (Lipinski definition) is 1. The molecule has 0 saturated heterocycles. The summed E-state index contributed by atoms with van der Waals surface area (Å²) < 4.78 is 29.3. The maximum Gasteiger partial charge on any atom is 0.272 e. The van der Waals surface area contributed by atoms with E-state index in [1.54, 1.807) is 0 Å². The number of nitrogens with zero attached hydrogens (tertiary/aromatic N) is 2. The second-order valence-electron chi connectivity index (χ2n) is 5.51. The van der Waals surface area contributed by atoms with Crippen LogP contribution in [0.15, 0.2) is 5.16 Å². The van der Waals surface area contributed by atoms with Crippen molar-refractivity contribution in [3.63, 3.8) is 0 Å². The molecule has 1 aromatic heterocycles. The number of nitrogens with two attached hydrogens (primary N) is 1. The average Bonchev–Trinajstić information content (AvgIpc) is 2.59. The van der Waals surface area contributed by atoms with Crippen molar-refractivity contribution in [1.82, 2.24) is 9.55 Å². The van der Waals surface area contributed by atoms with E-state index in [2.05, 4.69) is 24.6 Å². The Morgan fingerprint density at radius 2 is 2.05 bits per heavy atom. The van der Waals surface area contributed by atoms with Gasteiger partial charge in [-0.25, -0.2) is 18.5 Å². The zero-order chi connectivity index (χ0) is 15.6. The number of rotatable bonds is 7. The first-order chi connectivity index (χ1) is 9.06. The monoisotopic (exact) mass is 339 g/mol. The van der Waals surface area contributed by atoms with Crippen molar-refractivity contribution in [2.45, 2.75) is 37.6 Å². The number of carbonyl (C=O) groups excluding carboxylic acids is 1. The van der Waals surface area contributed by atoms with E-state index in [1.165, 1.54) is 0 Å². The number of aromatic nitrogens is 2. The third-order valence-corrected chi connectivity index (χ3v) is 5.31. The van der Waals surface area contributed by atoms with E-state index < -0.39 is 23.3 Å². The Labute approximate surface area is 124 Å². The zero-order valence-corrected chi connectivity index (χ0v) is 14.2. The molecule has 0 aliphatic rings. The summed E-state index contributed by atoms with van der Waals surface area (Å²) in [6.07, 6.45) is 0.423. The fraction of sp³-hybridized carbons (Fsp3) is 0.600. The van der Waals surface area contributed by atoms with Gasteiger partial charge in [-0.1, -0.05) is 31.2 Å². The third kappa shape index (κ3) is 4.67. The van der Waals surface area contributed by atoms with Gasteiger partial charge in [-0.15, -0.1) is 0 Å².